The van der Waals surface area contributed by atoms with E-state index >= 15 is 0 Å². The molecule has 0 saturated carbocycles. The Labute approximate surface area is 127 Å². The molecule has 1 aromatic heterocycles. The number of hydrogen-bond acceptors (Lipinski definition) is 3. The van der Waals surface area contributed by atoms with Crippen LogP contribution in [0, 0.1) is 6.92 Å². The number of carbonyl (C=O) groups is 1. The van der Waals surface area contributed by atoms with Crippen molar-refractivity contribution in [3.63, 3.8) is 0 Å². The number of nitrogen functional groups attached to an aromatic ring is 1. The number of nitrogens with two attached hydrogens (primary N) is 1. The van der Waals surface area contributed by atoms with Gasteiger partial charge in [0.25, 0.3) is 0 Å². The van der Waals surface area contributed by atoms with Gasteiger partial charge in [0.15, 0.2) is 0 Å². The first-order valence-electron chi connectivity index (χ1n) is 6.25. The lowest BCUT2D eigenvalue weighted by Gasteiger charge is -2.11. The number of carboxylic acid groups (broad SMARTS) is 1. The highest BCUT2D eigenvalue weighted by Crippen LogP contribution is 2.45. The maximum absolute atomic E-state index is 11.3. The van der Waals surface area contributed by atoms with Crippen LogP contribution in [0.15, 0.2) is 18.2 Å². The van der Waals surface area contributed by atoms with Gasteiger partial charge in [-0.25, -0.2) is 4.79 Å². The van der Waals surface area contributed by atoms with E-state index in [9.17, 15) is 9.90 Å². The molecule has 0 fully saturated rings. The van der Waals surface area contributed by atoms with Crippen LogP contribution in [0.3, 0.4) is 0 Å². The van der Waals surface area contributed by atoms with Crippen LogP contribution in [-0.4, -0.2) is 11.1 Å². The summed E-state index contributed by atoms with van der Waals surface area (Å²) in [5, 5.41) is 9.90. The highest BCUT2D eigenvalue weighted by atomic mass is 35.5. The molecule has 0 unspecified atom stereocenters. The number of halogens is 1. The van der Waals surface area contributed by atoms with Gasteiger partial charge < -0.3 is 10.8 Å². The molecule has 2 rings (SSSR count). The molecule has 1 aromatic carbocycles. The maximum Gasteiger partial charge on any atom is 0.348 e. The van der Waals surface area contributed by atoms with Gasteiger partial charge in [-0.1, -0.05) is 43.6 Å². The van der Waals surface area contributed by atoms with Gasteiger partial charge in [0.05, 0.1) is 10.7 Å². The maximum atomic E-state index is 11.3. The molecule has 3 N–H and O–H groups in total. The van der Waals surface area contributed by atoms with Gasteiger partial charge >= 0.3 is 5.97 Å². The molecule has 5 heteroatoms. The number of aromatic carboxylic acids is 1. The summed E-state index contributed by atoms with van der Waals surface area (Å²) in [7, 11) is 0. The second kappa shape index (κ2) is 5.46. The molecule has 3 nitrogen and oxygen atoms in total. The predicted molar refractivity (Wildman–Crippen MR) is 85.0 cm³/mol. The van der Waals surface area contributed by atoms with E-state index in [-0.39, 0.29) is 10.8 Å². The van der Waals surface area contributed by atoms with E-state index in [2.05, 4.69) is 0 Å². The van der Waals surface area contributed by atoms with Crippen LogP contribution in [0.2, 0.25) is 5.02 Å². The molecule has 0 amide bonds. The number of hydrogen-bond donors (Lipinski definition) is 2. The molecule has 0 aliphatic carbocycles. The van der Waals surface area contributed by atoms with E-state index in [0.717, 1.165) is 21.6 Å². The van der Waals surface area contributed by atoms with E-state index in [1.54, 1.807) is 0 Å². The zero-order valence-corrected chi connectivity index (χ0v) is 13.1. The van der Waals surface area contributed by atoms with Crippen molar-refractivity contribution in [2.24, 2.45) is 0 Å². The summed E-state index contributed by atoms with van der Waals surface area (Å²) in [5.74, 6) is -0.865. The number of thiophene rings is 1. The van der Waals surface area contributed by atoms with Crippen molar-refractivity contribution in [2.75, 3.05) is 5.73 Å². The fourth-order valence-electron chi connectivity index (χ4n) is 2.21. The molecule has 106 valence electrons. The van der Waals surface area contributed by atoms with Crippen LogP contribution >= 0.6 is 22.9 Å². The van der Waals surface area contributed by atoms with Crippen molar-refractivity contribution >= 4 is 34.6 Å². The van der Waals surface area contributed by atoms with Crippen molar-refractivity contribution in [3.05, 3.63) is 39.2 Å². The fraction of sp³-hybridized carbons (Fsp3) is 0.267. The summed E-state index contributed by atoms with van der Waals surface area (Å²) in [5.41, 5.74) is 9.04. The lowest BCUT2D eigenvalue weighted by Crippen LogP contribution is -2.00. The van der Waals surface area contributed by atoms with Crippen molar-refractivity contribution in [3.8, 4) is 10.4 Å². The molecular formula is C15H16ClNO2S. The van der Waals surface area contributed by atoms with Crippen LogP contribution in [0.4, 0.5) is 5.69 Å². The Hall–Kier alpha value is -1.52. The first kappa shape index (κ1) is 14.9. The molecule has 0 spiro atoms. The zero-order chi connectivity index (χ0) is 15.0. The molecule has 0 atom stereocenters. The second-order valence-corrected chi connectivity index (χ2v) is 6.38. The monoisotopic (exact) mass is 309 g/mol. The van der Waals surface area contributed by atoms with Gasteiger partial charge in [-0.15, -0.1) is 11.3 Å². The standard InChI is InChI=1S/C15H16ClNO2S/c1-7(2)10-12(17)14(15(18)19)20-13(10)9-6-4-5-8(3)11(9)16/h4-7H,17H2,1-3H3,(H,18,19). The number of carboxylic acids is 1. The molecule has 0 radical (unpaired) electrons. The smallest absolute Gasteiger partial charge is 0.348 e. The van der Waals surface area contributed by atoms with Gasteiger partial charge in [-0.2, -0.15) is 0 Å². The molecule has 0 aliphatic heterocycles. The van der Waals surface area contributed by atoms with Gasteiger partial charge in [0.2, 0.25) is 0 Å². The van der Waals surface area contributed by atoms with E-state index in [0.29, 0.717) is 10.7 Å². The second-order valence-electron chi connectivity index (χ2n) is 4.98. The lowest BCUT2D eigenvalue weighted by molar-refractivity contribution is 0.0703. The summed E-state index contributed by atoms with van der Waals surface area (Å²) in [6.45, 7) is 5.92. The van der Waals surface area contributed by atoms with E-state index in [1.807, 2.05) is 39.0 Å². The quantitative estimate of drug-likeness (QED) is 0.857. The summed E-state index contributed by atoms with van der Waals surface area (Å²) >= 11 is 7.55. The Morgan fingerprint density at radius 2 is 2.05 bits per heavy atom. The Balaban J connectivity index is 2.76. The highest BCUT2D eigenvalue weighted by Gasteiger charge is 2.24. The molecule has 0 aliphatic rings. The van der Waals surface area contributed by atoms with Gasteiger partial charge in [-0.05, 0) is 24.0 Å². The number of anilines is 1. The third kappa shape index (κ3) is 2.41. The van der Waals surface area contributed by atoms with Crippen molar-refractivity contribution in [1.82, 2.24) is 0 Å². The molecule has 1 heterocycles. The average Bonchev–Trinajstić information content (AvgIpc) is 2.70. The molecule has 0 bridgehead atoms. The first-order valence-corrected chi connectivity index (χ1v) is 7.45. The minimum Gasteiger partial charge on any atom is -0.477 e. The number of aryl methyl sites for hydroxylation is 1. The molecule has 20 heavy (non-hydrogen) atoms. The van der Waals surface area contributed by atoms with Crippen molar-refractivity contribution in [1.29, 1.82) is 0 Å². The first-order chi connectivity index (χ1) is 9.34. The molecule has 0 saturated heterocycles. The highest BCUT2D eigenvalue weighted by molar-refractivity contribution is 7.18. The Bertz CT molecular complexity index is 677. The predicted octanol–water partition coefficient (Wildman–Crippen LogP) is 4.78. The van der Waals surface area contributed by atoms with Crippen LogP contribution in [0.25, 0.3) is 10.4 Å². The third-order valence-corrected chi connectivity index (χ3v) is 4.94. The average molecular weight is 310 g/mol. The van der Waals surface area contributed by atoms with E-state index in [4.69, 9.17) is 17.3 Å². The topological polar surface area (TPSA) is 63.3 Å². The van der Waals surface area contributed by atoms with Crippen LogP contribution in [0.5, 0.6) is 0 Å². The minimum absolute atomic E-state index is 0.130. The Morgan fingerprint density at radius 3 is 2.60 bits per heavy atom. The Kier molecular flexibility index (Phi) is 4.06. The largest absolute Gasteiger partial charge is 0.477 e. The Morgan fingerprint density at radius 1 is 1.40 bits per heavy atom. The van der Waals surface area contributed by atoms with E-state index in [1.165, 1.54) is 11.3 Å². The minimum atomic E-state index is -0.996. The summed E-state index contributed by atoms with van der Waals surface area (Å²) in [6, 6.07) is 5.74. The third-order valence-electron chi connectivity index (χ3n) is 3.19. The summed E-state index contributed by atoms with van der Waals surface area (Å²) < 4.78 is 0. The van der Waals surface area contributed by atoms with Crippen LogP contribution in [0.1, 0.15) is 40.6 Å². The normalized spacial score (nSPS) is 11.1. The van der Waals surface area contributed by atoms with Crippen molar-refractivity contribution in [2.45, 2.75) is 26.7 Å². The fourth-order valence-corrected chi connectivity index (χ4v) is 3.74. The lowest BCUT2D eigenvalue weighted by atomic mass is 9.97. The van der Waals surface area contributed by atoms with Crippen LogP contribution < -0.4 is 5.73 Å². The number of benzene rings is 1. The zero-order valence-electron chi connectivity index (χ0n) is 11.5. The number of rotatable bonds is 3. The summed E-state index contributed by atoms with van der Waals surface area (Å²) in [4.78, 5) is 12.3. The molecular weight excluding hydrogens is 294 g/mol. The van der Waals surface area contributed by atoms with Crippen LogP contribution in [-0.2, 0) is 0 Å². The molecule has 2 aromatic rings. The van der Waals surface area contributed by atoms with Gasteiger partial charge in [0, 0.05) is 10.4 Å². The van der Waals surface area contributed by atoms with Gasteiger partial charge in [0.1, 0.15) is 4.88 Å². The van der Waals surface area contributed by atoms with Crippen molar-refractivity contribution < 1.29 is 9.90 Å². The summed E-state index contributed by atoms with van der Waals surface area (Å²) in [6.07, 6.45) is 0. The SMILES string of the molecule is Cc1cccc(-c2sc(C(=O)O)c(N)c2C(C)C)c1Cl. The van der Waals surface area contributed by atoms with Gasteiger partial charge in [-0.3, -0.25) is 0 Å². The van der Waals surface area contributed by atoms with E-state index < -0.39 is 5.97 Å².